The van der Waals surface area contributed by atoms with Crippen molar-refractivity contribution in [3.63, 3.8) is 0 Å². The van der Waals surface area contributed by atoms with Crippen LogP contribution in [-0.2, 0) is 23.1 Å². The summed E-state index contributed by atoms with van der Waals surface area (Å²) in [5.41, 5.74) is 6.99. The molecule has 0 spiro atoms. The zero-order valence-corrected chi connectivity index (χ0v) is 24.2. The zero-order chi connectivity index (χ0) is 30.1. The van der Waals surface area contributed by atoms with E-state index in [2.05, 4.69) is 5.32 Å². The molecule has 0 fully saturated rings. The van der Waals surface area contributed by atoms with Gasteiger partial charge < -0.3 is 16.0 Å². The molecule has 0 aliphatic heterocycles. The van der Waals surface area contributed by atoms with E-state index in [1.165, 1.54) is 40.5 Å². The Hall–Kier alpha value is -4.47. The molecular weight excluding hydrogens is 513 g/mol. The first-order valence-electron chi connectivity index (χ1n) is 13.1. The maximum atomic E-state index is 14.8. The average molecular weight is 552 g/mol. The van der Waals surface area contributed by atoms with Crippen molar-refractivity contribution in [3.05, 3.63) is 80.9 Å². The van der Waals surface area contributed by atoms with Crippen LogP contribution in [0.2, 0.25) is 0 Å². The fourth-order valence-electron chi connectivity index (χ4n) is 4.13. The van der Waals surface area contributed by atoms with Gasteiger partial charge in [0.2, 0.25) is 12.3 Å². The third-order valence-electron chi connectivity index (χ3n) is 6.40. The molecule has 40 heavy (non-hydrogen) atoms. The molecule has 0 atom stereocenters. The molecule has 1 aromatic heterocycles. The van der Waals surface area contributed by atoms with Crippen molar-refractivity contribution >= 4 is 41.1 Å². The summed E-state index contributed by atoms with van der Waals surface area (Å²) < 4.78 is 16.1. The van der Waals surface area contributed by atoms with E-state index in [1.807, 2.05) is 13.8 Å². The van der Waals surface area contributed by atoms with Crippen LogP contribution in [0.5, 0.6) is 0 Å². The summed E-state index contributed by atoms with van der Waals surface area (Å²) in [4.78, 5) is 53.6. The minimum Gasteiger partial charge on any atom is -0.370 e. The first-order chi connectivity index (χ1) is 19.0. The number of hydrogen-bond acceptors (Lipinski definition) is 5. The zero-order valence-electron chi connectivity index (χ0n) is 24.2. The van der Waals surface area contributed by atoms with Gasteiger partial charge >= 0.3 is 0 Å². The molecule has 1 heterocycles. The van der Waals surface area contributed by atoms with E-state index in [0.717, 1.165) is 5.56 Å². The fourth-order valence-corrected chi connectivity index (χ4v) is 4.13. The van der Waals surface area contributed by atoms with Crippen LogP contribution in [0.4, 0.5) is 27.3 Å². The van der Waals surface area contributed by atoms with Gasteiger partial charge in [-0.05, 0) is 62.6 Å². The minimum atomic E-state index is -0.559. The summed E-state index contributed by atoms with van der Waals surface area (Å²) in [6, 6.07) is 11.4. The summed E-state index contributed by atoms with van der Waals surface area (Å²) in [5.74, 6) is -1.44. The van der Waals surface area contributed by atoms with Gasteiger partial charge in [0.05, 0.1) is 11.4 Å². The van der Waals surface area contributed by atoms with Crippen LogP contribution in [0, 0.1) is 19.7 Å². The Morgan fingerprint density at radius 3 is 2.38 bits per heavy atom. The van der Waals surface area contributed by atoms with Crippen molar-refractivity contribution in [2.24, 2.45) is 12.8 Å². The normalized spacial score (nSPS) is 10.3. The molecule has 0 saturated carbocycles. The van der Waals surface area contributed by atoms with Gasteiger partial charge in [0, 0.05) is 38.3 Å². The van der Waals surface area contributed by atoms with Crippen LogP contribution in [0.3, 0.4) is 0 Å². The maximum Gasteiger partial charge on any atom is 0.259 e. The lowest BCUT2D eigenvalue weighted by Crippen LogP contribution is -2.34. The van der Waals surface area contributed by atoms with Crippen LogP contribution >= 0.6 is 0 Å². The lowest BCUT2D eigenvalue weighted by atomic mass is 10.0. The van der Waals surface area contributed by atoms with Gasteiger partial charge in [-0.25, -0.2) is 4.39 Å². The molecule has 10 heteroatoms. The monoisotopic (exact) mass is 551 g/mol. The Morgan fingerprint density at radius 2 is 1.80 bits per heavy atom. The predicted octanol–water partition coefficient (Wildman–Crippen LogP) is 4.72. The number of aromatic nitrogens is 1. The highest BCUT2D eigenvalue weighted by Crippen LogP contribution is 2.36. The minimum absolute atomic E-state index is 0.0311. The van der Waals surface area contributed by atoms with Gasteiger partial charge in [0.1, 0.15) is 17.2 Å². The molecule has 3 aromatic rings. The van der Waals surface area contributed by atoms with Crippen molar-refractivity contribution in [1.29, 1.82) is 0 Å². The summed E-state index contributed by atoms with van der Waals surface area (Å²) in [5, 5.41) is 2.93. The first-order valence-corrected chi connectivity index (χ1v) is 13.1. The lowest BCUT2D eigenvalue weighted by Gasteiger charge is -2.28. The number of nitrogens with two attached hydrogens (primary N) is 1. The number of primary amides is 1. The SMILES string of the molecule is CC.CCN(C)C(=O)c1c(N(C=O)c2cccc(CCC(N)=O)c2)c(C)c(=O)n(C)c1Nc1ccc(C)cc1F. The second-order valence-corrected chi connectivity index (χ2v) is 9.10. The number of hydrogen-bond donors (Lipinski definition) is 2. The summed E-state index contributed by atoms with van der Waals surface area (Å²) in [7, 11) is 3.07. The number of aryl methyl sites for hydroxylation is 2. The van der Waals surface area contributed by atoms with Gasteiger partial charge in [0.25, 0.3) is 11.5 Å². The van der Waals surface area contributed by atoms with Gasteiger partial charge in [-0.3, -0.25) is 28.6 Å². The third kappa shape index (κ3) is 6.93. The Labute approximate surface area is 234 Å². The summed E-state index contributed by atoms with van der Waals surface area (Å²) in [6.07, 6.45) is 1.000. The highest BCUT2D eigenvalue weighted by atomic mass is 19.1. The topological polar surface area (TPSA) is 118 Å². The second kappa shape index (κ2) is 14.1. The molecule has 9 nitrogen and oxygen atoms in total. The molecule has 214 valence electrons. The number of anilines is 4. The number of carbonyl (C=O) groups excluding carboxylic acids is 3. The van der Waals surface area contributed by atoms with Crippen LogP contribution in [0.1, 0.15) is 54.2 Å². The molecule has 0 saturated heterocycles. The third-order valence-corrected chi connectivity index (χ3v) is 6.40. The van der Waals surface area contributed by atoms with Crippen LogP contribution < -0.4 is 21.5 Å². The number of nitrogens with one attached hydrogen (secondary N) is 1. The lowest BCUT2D eigenvalue weighted by molar-refractivity contribution is -0.118. The number of nitrogens with zero attached hydrogens (tertiary/aromatic N) is 3. The molecule has 3 rings (SSSR count). The van der Waals surface area contributed by atoms with Gasteiger partial charge in [-0.1, -0.05) is 32.0 Å². The summed E-state index contributed by atoms with van der Waals surface area (Å²) >= 11 is 0. The fraction of sp³-hybridized carbons (Fsp3) is 0.333. The quantitative estimate of drug-likeness (QED) is 0.354. The highest BCUT2D eigenvalue weighted by Gasteiger charge is 2.30. The van der Waals surface area contributed by atoms with Gasteiger partial charge in [-0.15, -0.1) is 0 Å². The van der Waals surface area contributed by atoms with E-state index < -0.39 is 23.2 Å². The molecule has 0 unspecified atom stereocenters. The Kier molecular flexibility index (Phi) is 11.2. The summed E-state index contributed by atoms with van der Waals surface area (Å²) in [6.45, 7) is 9.42. The second-order valence-electron chi connectivity index (χ2n) is 9.10. The Morgan fingerprint density at radius 1 is 1.12 bits per heavy atom. The maximum absolute atomic E-state index is 14.8. The Balaban J connectivity index is 0.00000274. The van der Waals surface area contributed by atoms with E-state index in [9.17, 15) is 23.6 Å². The van der Waals surface area contributed by atoms with Crippen molar-refractivity contribution < 1.29 is 18.8 Å². The molecule has 0 bridgehead atoms. The molecule has 0 aliphatic rings. The van der Waals surface area contributed by atoms with Crippen molar-refractivity contribution in [2.45, 2.75) is 47.5 Å². The van der Waals surface area contributed by atoms with Crippen LogP contribution in [-0.4, -0.2) is 41.3 Å². The highest BCUT2D eigenvalue weighted by molar-refractivity contribution is 6.08. The number of pyridine rings is 1. The standard InChI is InChI=1S/C28H32FN5O4.C2H6/c1-6-32(4)28(38)24-25(34(16-35)20-9-7-8-19(15-20)11-13-23(30)36)18(3)27(37)33(5)26(24)31-22-12-10-17(2)14-21(22)29;1-2/h7-10,12,14-16,31H,6,11,13H2,1-5H3,(H2,30,36);1-2H3. The predicted molar refractivity (Wildman–Crippen MR) is 157 cm³/mol. The number of amides is 3. The Bertz CT molecular complexity index is 1450. The van der Waals surface area contributed by atoms with E-state index >= 15 is 0 Å². The van der Waals surface area contributed by atoms with Gasteiger partial charge in [0.15, 0.2) is 0 Å². The molecule has 3 N–H and O–H groups in total. The average Bonchev–Trinajstić information content (AvgIpc) is 2.95. The number of halogens is 1. The van der Waals surface area contributed by atoms with E-state index in [1.54, 1.807) is 51.2 Å². The molecule has 0 aliphatic carbocycles. The first kappa shape index (κ1) is 31.7. The van der Waals surface area contributed by atoms with Crippen LogP contribution in [0.25, 0.3) is 0 Å². The van der Waals surface area contributed by atoms with Crippen LogP contribution in [0.15, 0.2) is 47.3 Å². The van der Waals surface area contributed by atoms with E-state index in [4.69, 9.17) is 5.73 Å². The number of rotatable bonds is 10. The molecule has 3 amide bonds. The molecular formula is C30H38FN5O4. The van der Waals surface area contributed by atoms with Crippen molar-refractivity contribution in [1.82, 2.24) is 9.47 Å². The van der Waals surface area contributed by atoms with E-state index in [0.29, 0.717) is 30.6 Å². The van der Waals surface area contributed by atoms with Crippen molar-refractivity contribution in [2.75, 3.05) is 23.8 Å². The van der Waals surface area contributed by atoms with Crippen molar-refractivity contribution in [3.8, 4) is 0 Å². The smallest absolute Gasteiger partial charge is 0.259 e. The number of carbonyl (C=O) groups is 3. The molecule has 2 aromatic carbocycles. The number of benzene rings is 2. The largest absolute Gasteiger partial charge is 0.370 e. The van der Waals surface area contributed by atoms with Gasteiger partial charge in [-0.2, -0.15) is 0 Å². The van der Waals surface area contributed by atoms with E-state index in [-0.39, 0.29) is 34.7 Å². The molecule has 0 radical (unpaired) electrons.